The van der Waals surface area contributed by atoms with Gasteiger partial charge in [-0.25, -0.2) is 0 Å². The maximum absolute atomic E-state index is 12.4. The lowest BCUT2D eigenvalue weighted by molar-refractivity contribution is -0.139. The minimum atomic E-state index is -1.75. The van der Waals surface area contributed by atoms with Crippen LogP contribution in [0.5, 0.6) is 0 Å². The number of Topliss-reactive ketones (excluding diaryl/α,β-unsaturated/α-hetero) is 1. The molecule has 0 aliphatic heterocycles. The smallest absolute Gasteiger partial charge is 0.192 e. The lowest BCUT2D eigenvalue weighted by Crippen LogP contribution is -2.40. The van der Waals surface area contributed by atoms with Crippen LogP contribution >= 0.6 is 0 Å². The molecule has 2 aromatic rings. The molecule has 21 heavy (non-hydrogen) atoms. The molecule has 3 nitrogen and oxygen atoms in total. The molecule has 1 N–H and O–H groups in total. The summed E-state index contributed by atoms with van der Waals surface area (Å²) in [5.74, 6) is -0.681. The second-order valence-electron chi connectivity index (χ2n) is 5.11. The number of aliphatic hydroxyl groups is 1. The predicted molar refractivity (Wildman–Crippen MR) is 79.4 cm³/mol. The van der Waals surface area contributed by atoms with Gasteiger partial charge in [0.1, 0.15) is 0 Å². The van der Waals surface area contributed by atoms with E-state index >= 15 is 0 Å². The fourth-order valence-corrected chi connectivity index (χ4v) is 2.57. The number of ketones is 2. The Bertz CT molecular complexity index is 717. The lowest BCUT2D eigenvalue weighted by Gasteiger charge is -2.29. The van der Waals surface area contributed by atoms with Crippen molar-refractivity contribution >= 4 is 17.1 Å². The van der Waals surface area contributed by atoms with Gasteiger partial charge in [0.25, 0.3) is 0 Å². The van der Waals surface area contributed by atoms with Gasteiger partial charge >= 0.3 is 0 Å². The lowest BCUT2D eigenvalue weighted by atomic mass is 9.77. The molecule has 1 atom stereocenters. The summed E-state index contributed by atoms with van der Waals surface area (Å²) in [5, 5.41) is 10.6. The van der Waals surface area contributed by atoms with Crippen LogP contribution in [0.4, 0.5) is 0 Å². The molecule has 0 amide bonds. The molecule has 0 heterocycles. The SMILES string of the molecule is O=C1C[C@](O)(c2ccccc2)C(=O)C=C1c1ccccc1. The topological polar surface area (TPSA) is 54.4 Å². The Balaban J connectivity index is 2.04. The molecule has 0 radical (unpaired) electrons. The molecule has 0 spiro atoms. The zero-order valence-corrected chi connectivity index (χ0v) is 11.3. The van der Waals surface area contributed by atoms with Gasteiger partial charge in [0, 0.05) is 5.57 Å². The number of carbonyl (C=O) groups is 2. The summed E-state index contributed by atoms with van der Waals surface area (Å²) < 4.78 is 0. The Morgan fingerprint density at radius 2 is 1.43 bits per heavy atom. The molecule has 3 heteroatoms. The van der Waals surface area contributed by atoms with Crippen LogP contribution in [0.1, 0.15) is 17.5 Å². The van der Waals surface area contributed by atoms with Crippen molar-refractivity contribution in [2.75, 3.05) is 0 Å². The molecular weight excluding hydrogens is 264 g/mol. The van der Waals surface area contributed by atoms with Gasteiger partial charge in [-0.2, -0.15) is 0 Å². The first-order valence-electron chi connectivity index (χ1n) is 6.74. The number of carbonyl (C=O) groups excluding carboxylic acids is 2. The van der Waals surface area contributed by atoms with Crippen LogP contribution < -0.4 is 0 Å². The van der Waals surface area contributed by atoms with E-state index in [0.29, 0.717) is 16.7 Å². The third-order valence-corrected chi connectivity index (χ3v) is 3.74. The number of rotatable bonds is 2. The van der Waals surface area contributed by atoms with E-state index in [4.69, 9.17) is 0 Å². The highest BCUT2D eigenvalue weighted by Crippen LogP contribution is 2.34. The third kappa shape index (κ3) is 2.32. The Labute approximate surface area is 122 Å². The normalized spacial score (nSPS) is 22.0. The maximum Gasteiger partial charge on any atom is 0.192 e. The van der Waals surface area contributed by atoms with Gasteiger partial charge < -0.3 is 5.11 Å². The molecule has 3 rings (SSSR count). The van der Waals surface area contributed by atoms with E-state index in [-0.39, 0.29) is 12.2 Å². The minimum absolute atomic E-state index is 0.226. The van der Waals surface area contributed by atoms with Gasteiger partial charge in [0.05, 0.1) is 6.42 Å². The fourth-order valence-electron chi connectivity index (χ4n) is 2.57. The largest absolute Gasteiger partial charge is 0.376 e. The van der Waals surface area contributed by atoms with Crippen molar-refractivity contribution < 1.29 is 14.7 Å². The zero-order chi connectivity index (χ0) is 14.9. The van der Waals surface area contributed by atoms with Crippen molar-refractivity contribution in [1.82, 2.24) is 0 Å². The Morgan fingerprint density at radius 1 is 0.857 bits per heavy atom. The van der Waals surface area contributed by atoms with Crippen LogP contribution in [0.25, 0.3) is 5.57 Å². The van der Waals surface area contributed by atoms with E-state index in [1.807, 2.05) is 18.2 Å². The summed E-state index contributed by atoms with van der Waals surface area (Å²) >= 11 is 0. The number of allylic oxidation sites excluding steroid dienone is 1. The molecule has 104 valence electrons. The van der Waals surface area contributed by atoms with E-state index in [9.17, 15) is 14.7 Å². The molecule has 0 saturated heterocycles. The summed E-state index contributed by atoms with van der Waals surface area (Å²) in [7, 11) is 0. The van der Waals surface area contributed by atoms with E-state index in [2.05, 4.69) is 0 Å². The maximum atomic E-state index is 12.4. The highest BCUT2D eigenvalue weighted by Gasteiger charge is 2.43. The average molecular weight is 278 g/mol. The third-order valence-electron chi connectivity index (χ3n) is 3.74. The zero-order valence-electron chi connectivity index (χ0n) is 11.3. The first kappa shape index (κ1) is 13.5. The highest BCUT2D eigenvalue weighted by molar-refractivity contribution is 6.29. The van der Waals surface area contributed by atoms with Crippen LogP contribution in [0.15, 0.2) is 66.7 Å². The van der Waals surface area contributed by atoms with Gasteiger partial charge in [-0.3, -0.25) is 9.59 Å². The monoisotopic (exact) mass is 278 g/mol. The molecule has 0 unspecified atom stereocenters. The summed E-state index contributed by atoms with van der Waals surface area (Å²) in [5.41, 5.74) is -0.240. The Hall–Kier alpha value is -2.52. The second kappa shape index (κ2) is 5.11. The molecule has 1 aliphatic rings. The van der Waals surface area contributed by atoms with Gasteiger partial charge in [-0.15, -0.1) is 0 Å². The Morgan fingerprint density at radius 3 is 2.05 bits per heavy atom. The fraction of sp³-hybridized carbons (Fsp3) is 0.111. The van der Waals surface area contributed by atoms with E-state index in [1.54, 1.807) is 42.5 Å². The van der Waals surface area contributed by atoms with Crippen LogP contribution in [0.2, 0.25) is 0 Å². The first-order chi connectivity index (χ1) is 10.1. The van der Waals surface area contributed by atoms with Gasteiger partial charge in [-0.1, -0.05) is 60.7 Å². The van der Waals surface area contributed by atoms with Crippen LogP contribution in [0, 0.1) is 0 Å². The molecule has 0 fully saturated rings. The first-order valence-corrected chi connectivity index (χ1v) is 6.74. The summed E-state index contributed by atoms with van der Waals surface area (Å²) in [6.07, 6.45) is 1.03. The van der Waals surface area contributed by atoms with Crippen molar-refractivity contribution in [3.05, 3.63) is 77.9 Å². The quantitative estimate of drug-likeness (QED) is 0.918. The summed E-state index contributed by atoms with van der Waals surface area (Å²) in [4.78, 5) is 24.7. The van der Waals surface area contributed by atoms with Gasteiger partial charge in [0.2, 0.25) is 0 Å². The predicted octanol–water partition coefficient (Wildman–Crippen LogP) is 2.50. The molecule has 0 aromatic heterocycles. The molecule has 0 bridgehead atoms. The van der Waals surface area contributed by atoms with Crippen molar-refractivity contribution in [1.29, 1.82) is 0 Å². The highest BCUT2D eigenvalue weighted by atomic mass is 16.3. The molecule has 1 aliphatic carbocycles. The second-order valence-corrected chi connectivity index (χ2v) is 5.11. The van der Waals surface area contributed by atoms with Crippen LogP contribution in [0.3, 0.4) is 0 Å². The molecular formula is C18H14O3. The van der Waals surface area contributed by atoms with E-state index < -0.39 is 11.4 Å². The summed E-state index contributed by atoms with van der Waals surface area (Å²) in [6.45, 7) is 0. The van der Waals surface area contributed by atoms with E-state index in [0.717, 1.165) is 0 Å². The van der Waals surface area contributed by atoms with Gasteiger partial charge in [0.15, 0.2) is 17.2 Å². The molecule has 0 saturated carbocycles. The van der Waals surface area contributed by atoms with Crippen LogP contribution in [-0.2, 0) is 15.2 Å². The van der Waals surface area contributed by atoms with Crippen molar-refractivity contribution in [3.8, 4) is 0 Å². The van der Waals surface area contributed by atoms with Crippen LogP contribution in [-0.4, -0.2) is 16.7 Å². The minimum Gasteiger partial charge on any atom is -0.376 e. The van der Waals surface area contributed by atoms with Crippen molar-refractivity contribution in [3.63, 3.8) is 0 Å². The molecule has 2 aromatic carbocycles. The standard InChI is InChI=1S/C18H14O3/c19-16-12-18(21,14-9-5-2-6-10-14)17(20)11-15(16)13-7-3-1-4-8-13/h1-11,21H,12H2/t18-/m0/s1. The number of hydrogen-bond acceptors (Lipinski definition) is 3. The number of hydrogen-bond donors (Lipinski definition) is 1. The van der Waals surface area contributed by atoms with E-state index in [1.165, 1.54) is 6.08 Å². The number of benzene rings is 2. The average Bonchev–Trinajstić information content (AvgIpc) is 2.52. The Kier molecular flexibility index (Phi) is 3.28. The van der Waals surface area contributed by atoms with Crippen molar-refractivity contribution in [2.24, 2.45) is 0 Å². The van der Waals surface area contributed by atoms with Crippen molar-refractivity contribution in [2.45, 2.75) is 12.0 Å². The summed E-state index contributed by atoms with van der Waals surface area (Å²) in [6, 6.07) is 17.6. The van der Waals surface area contributed by atoms with Gasteiger partial charge in [-0.05, 0) is 17.2 Å².